The van der Waals surface area contributed by atoms with E-state index in [2.05, 4.69) is 24.3 Å². The Kier molecular flexibility index (Phi) is 4.99. The quantitative estimate of drug-likeness (QED) is 0.592. The SMILES string of the molecule is COc1cccc(OCCCOc2ccc3ccccc3c2)c1. The van der Waals surface area contributed by atoms with E-state index in [0.717, 1.165) is 23.7 Å². The standard InChI is InChI=1S/C20H20O3/c1-21-18-8-4-9-19(15-18)22-12-5-13-23-20-11-10-16-6-2-3-7-17(16)14-20/h2-4,6-11,14-15H,5,12-13H2,1H3. The van der Waals surface area contributed by atoms with Crippen LogP contribution >= 0.6 is 0 Å². The van der Waals surface area contributed by atoms with Gasteiger partial charge < -0.3 is 14.2 Å². The van der Waals surface area contributed by atoms with E-state index in [1.54, 1.807) is 7.11 Å². The molecule has 0 radical (unpaired) electrons. The van der Waals surface area contributed by atoms with Crippen molar-refractivity contribution in [2.45, 2.75) is 6.42 Å². The molecule has 0 heterocycles. The Morgan fingerprint density at radius 3 is 2.13 bits per heavy atom. The Balaban J connectivity index is 1.45. The molecular formula is C20H20O3. The summed E-state index contributed by atoms with van der Waals surface area (Å²) >= 11 is 0. The van der Waals surface area contributed by atoms with Crippen molar-refractivity contribution in [2.75, 3.05) is 20.3 Å². The van der Waals surface area contributed by atoms with Gasteiger partial charge in [-0.25, -0.2) is 0 Å². The normalized spacial score (nSPS) is 10.5. The van der Waals surface area contributed by atoms with E-state index in [1.807, 2.05) is 42.5 Å². The largest absolute Gasteiger partial charge is 0.497 e. The molecule has 118 valence electrons. The Morgan fingerprint density at radius 2 is 1.35 bits per heavy atom. The topological polar surface area (TPSA) is 27.7 Å². The molecular weight excluding hydrogens is 288 g/mol. The molecule has 0 aromatic heterocycles. The van der Waals surface area contributed by atoms with Crippen LogP contribution in [0.4, 0.5) is 0 Å². The van der Waals surface area contributed by atoms with Crippen LogP contribution in [0.3, 0.4) is 0 Å². The van der Waals surface area contributed by atoms with Gasteiger partial charge in [-0.3, -0.25) is 0 Å². The van der Waals surface area contributed by atoms with E-state index in [-0.39, 0.29) is 0 Å². The van der Waals surface area contributed by atoms with Gasteiger partial charge in [0.15, 0.2) is 0 Å². The molecule has 0 aliphatic rings. The van der Waals surface area contributed by atoms with Crippen LogP contribution in [0.1, 0.15) is 6.42 Å². The Morgan fingerprint density at radius 1 is 0.652 bits per heavy atom. The fourth-order valence-corrected chi connectivity index (χ4v) is 2.39. The third-order valence-electron chi connectivity index (χ3n) is 3.59. The second-order valence-corrected chi connectivity index (χ2v) is 5.24. The molecule has 0 amide bonds. The average Bonchev–Trinajstić information content (AvgIpc) is 2.61. The molecule has 0 fully saturated rings. The van der Waals surface area contributed by atoms with E-state index in [1.165, 1.54) is 10.8 Å². The number of hydrogen-bond acceptors (Lipinski definition) is 3. The first-order chi connectivity index (χ1) is 11.3. The summed E-state index contributed by atoms with van der Waals surface area (Å²) in [5.74, 6) is 2.51. The fraction of sp³-hybridized carbons (Fsp3) is 0.200. The highest BCUT2D eigenvalue weighted by atomic mass is 16.5. The van der Waals surface area contributed by atoms with Crippen molar-refractivity contribution in [1.82, 2.24) is 0 Å². The smallest absolute Gasteiger partial charge is 0.122 e. The summed E-state index contributed by atoms with van der Waals surface area (Å²) in [5, 5.41) is 2.42. The van der Waals surface area contributed by atoms with Crippen molar-refractivity contribution < 1.29 is 14.2 Å². The second kappa shape index (κ2) is 7.54. The number of rotatable bonds is 7. The van der Waals surface area contributed by atoms with Crippen LogP contribution in [-0.2, 0) is 0 Å². The molecule has 0 spiro atoms. The zero-order valence-electron chi connectivity index (χ0n) is 13.2. The minimum absolute atomic E-state index is 0.612. The first-order valence-corrected chi connectivity index (χ1v) is 7.73. The Hall–Kier alpha value is -2.68. The summed E-state index contributed by atoms with van der Waals surface area (Å²) < 4.78 is 16.7. The van der Waals surface area contributed by atoms with Gasteiger partial charge in [-0.2, -0.15) is 0 Å². The summed E-state index contributed by atoms with van der Waals surface area (Å²) in [4.78, 5) is 0. The zero-order valence-corrected chi connectivity index (χ0v) is 13.2. The van der Waals surface area contributed by atoms with Crippen LogP contribution in [0.5, 0.6) is 17.2 Å². The lowest BCUT2D eigenvalue weighted by Gasteiger charge is -2.09. The van der Waals surface area contributed by atoms with Gasteiger partial charge in [0, 0.05) is 12.5 Å². The summed E-state index contributed by atoms with van der Waals surface area (Å²) in [7, 11) is 1.65. The van der Waals surface area contributed by atoms with Gasteiger partial charge in [0.05, 0.1) is 20.3 Å². The van der Waals surface area contributed by atoms with Gasteiger partial charge in [-0.15, -0.1) is 0 Å². The Bertz CT molecular complexity index is 767. The van der Waals surface area contributed by atoms with Gasteiger partial charge in [0.25, 0.3) is 0 Å². The van der Waals surface area contributed by atoms with Crippen LogP contribution < -0.4 is 14.2 Å². The monoisotopic (exact) mass is 308 g/mol. The summed E-state index contributed by atoms with van der Waals surface area (Å²) in [6.07, 6.45) is 0.823. The van der Waals surface area contributed by atoms with Crippen LogP contribution in [0.25, 0.3) is 10.8 Å². The third kappa shape index (κ3) is 4.16. The molecule has 3 aromatic rings. The fourth-order valence-electron chi connectivity index (χ4n) is 2.39. The van der Waals surface area contributed by atoms with E-state index in [0.29, 0.717) is 13.2 Å². The molecule has 0 N–H and O–H groups in total. The van der Waals surface area contributed by atoms with Gasteiger partial charge >= 0.3 is 0 Å². The Labute approximate surface area is 136 Å². The molecule has 0 aliphatic heterocycles. The first kappa shape index (κ1) is 15.2. The second-order valence-electron chi connectivity index (χ2n) is 5.24. The molecule has 0 saturated carbocycles. The predicted octanol–water partition coefficient (Wildman–Crippen LogP) is 4.70. The van der Waals surface area contributed by atoms with Crippen molar-refractivity contribution in [3.8, 4) is 17.2 Å². The van der Waals surface area contributed by atoms with Crippen molar-refractivity contribution in [3.63, 3.8) is 0 Å². The van der Waals surface area contributed by atoms with E-state index >= 15 is 0 Å². The third-order valence-corrected chi connectivity index (χ3v) is 3.59. The van der Waals surface area contributed by atoms with Gasteiger partial charge in [-0.1, -0.05) is 36.4 Å². The average molecular weight is 308 g/mol. The van der Waals surface area contributed by atoms with Crippen LogP contribution in [0.2, 0.25) is 0 Å². The highest BCUT2D eigenvalue weighted by molar-refractivity contribution is 5.83. The van der Waals surface area contributed by atoms with Crippen LogP contribution in [0.15, 0.2) is 66.7 Å². The summed E-state index contributed by atoms with van der Waals surface area (Å²) in [6, 6.07) is 22.0. The molecule has 0 aliphatic carbocycles. The number of fused-ring (bicyclic) bond motifs is 1. The molecule has 0 saturated heterocycles. The number of methoxy groups -OCH3 is 1. The zero-order chi connectivity index (χ0) is 15.9. The minimum atomic E-state index is 0.612. The minimum Gasteiger partial charge on any atom is -0.497 e. The maximum absolute atomic E-state index is 5.79. The predicted molar refractivity (Wildman–Crippen MR) is 92.5 cm³/mol. The van der Waals surface area contributed by atoms with E-state index in [9.17, 15) is 0 Å². The lowest BCUT2D eigenvalue weighted by atomic mass is 10.1. The number of benzene rings is 3. The van der Waals surface area contributed by atoms with Crippen LogP contribution in [-0.4, -0.2) is 20.3 Å². The molecule has 0 bridgehead atoms. The molecule has 3 aromatic carbocycles. The molecule has 23 heavy (non-hydrogen) atoms. The number of ether oxygens (including phenoxy) is 3. The molecule has 3 heteroatoms. The summed E-state index contributed by atoms with van der Waals surface area (Å²) in [6.45, 7) is 1.24. The lowest BCUT2D eigenvalue weighted by Crippen LogP contribution is -2.05. The van der Waals surface area contributed by atoms with Crippen molar-refractivity contribution in [2.24, 2.45) is 0 Å². The van der Waals surface area contributed by atoms with Crippen molar-refractivity contribution >= 4 is 10.8 Å². The van der Waals surface area contributed by atoms with E-state index in [4.69, 9.17) is 14.2 Å². The highest BCUT2D eigenvalue weighted by Gasteiger charge is 1.99. The van der Waals surface area contributed by atoms with Crippen molar-refractivity contribution in [3.05, 3.63) is 66.7 Å². The maximum Gasteiger partial charge on any atom is 0.122 e. The van der Waals surface area contributed by atoms with E-state index < -0.39 is 0 Å². The molecule has 3 rings (SSSR count). The molecule has 0 atom stereocenters. The van der Waals surface area contributed by atoms with Gasteiger partial charge in [0.2, 0.25) is 0 Å². The lowest BCUT2D eigenvalue weighted by molar-refractivity contribution is 0.247. The van der Waals surface area contributed by atoms with Crippen LogP contribution in [0, 0.1) is 0 Å². The summed E-state index contributed by atoms with van der Waals surface area (Å²) in [5.41, 5.74) is 0. The highest BCUT2D eigenvalue weighted by Crippen LogP contribution is 2.21. The molecule has 0 unspecified atom stereocenters. The maximum atomic E-state index is 5.79. The van der Waals surface area contributed by atoms with Gasteiger partial charge in [-0.05, 0) is 35.0 Å². The van der Waals surface area contributed by atoms with Crippen molar-refractivity contribution in [1.29, 1.82) is 0 Å². The van der Waals surface area contributed by atoms with Gasteiger partial charge in [0.1, 0.15) is 17.2 Å². The number of hydrogen-bond donors (Lipinski definition) is 0. The first-order valence-electron chi connectivity index (χ1n) is 7.73. The molecule has 3 nitrogen and oxygen atoms in total.